The van der Waals surface area contributed by atoms with Gasteiger partial charge in [0.1, 0.15) is 13.2 Å². The van der Waals surface area contributed by atoms with Crippen LogP contribution >= 0.6 is 0 Å². The molecule has 1 heterocycles. The SMILES string of the molecule is CC(C)c1cnnn[n+]1C. The van der Waals surface area contributed by atoms with Crippen molar-refractivity contribution in [3.05, 3.63) is 11.9 Å². The monoisotopic (exact) mass is 139 g/mol. The van der Waals surface area contributed by atoms with E-state index in [2.05, 4.69) is 29.4 Å². The molecule has 0 unspecified atom stereocenters. The fraction of sp³-hybridized carbons (Fsp3) is 0.667. The molecular formula is C6H11N4+. The summed E-state index contributed by atoms with van der Waals surface area (Å²) in [5, 5.41) is 10.9. The summed E-state index contributed by atoms with van der Waals surface area (Å²) in [6.07, 6.45) is 1.73. The summed E-state index contributed by atoms with van der Waals surface area (Å²) in [5.74, 6) is 0.452. The number of hydrogen-bond donors (Lipinski definition) is 0. The van der Waals surface area contributed by atoms with Crippen LogP contribution in [0.25, 0.3) is 0 Å². The maximum atomic E-state index is 3.76. The quantitative estimate of drug-likeness (QED) is 0.507. The molecule has 0 bridgehead atoms. The van der Waals surface area contributed by atoms with E-state index in [1.165, 1.54) is 0 Å². The lowest BCUT2D eigenvalue weighted by molar-refractivity contribution is -0.745. The molecule has 0 saturated heterocycles. The maximum Gasteiger partial charge on any atom is 0.203 e. The highest BCUT2D eigenvalue weighted by molar-refractivity contribution is 4.89. The lowest BCUT2D eigenvalue weighted by atomic mass is 10.1. The van der Waals surface area contributed by atoms with Crippen LogP contribution < -0.4 is 4.68 Å². The minimum Gasteiger partial charge on any atom is -0.133 e. The van der Waals surface area contributed by atoms with Crippen LogP contribution in [0.3, 0.4) is 0 Å². The van der Waals surface area contributed by atoms with Crippen molar-refractivity contribution >= 4 is 0 Å². The first kappa shape index (κ1) is 7.05. The van der Waals surface area contributed by atoms with Crippen LogP contribution in [-0.4, -0.2) is 15.5 Å². The standard InChI is InChI=1S/C6H11N4/c1-5(2)6-4-7-8-9-10(6)3/h4-5H,1-3H3/q+1. The van der Waals surface area contributed by atoms with Crippen molar-refractivity contribution in [2.75, 3.05) is 0 Å². The zero-order valence-electron chi connectivity index (χ0n) is 6.44. The van der Waals surface area contributed by atoms with Gasteiger partial charge < -0.3 is 0 Å². The highest BCUT2D eigenvalue weighted by atomic mass is 15.5. The number of aromatic nitrogens is 4. The molecule has 0 aliphatic rings. The zero-order valence-corrected chi connectivity index (χ0v) is 6.44. The minimum atomic E-state index is 0.452. The van der Waals surface area contributed by atoms with Crippen molar-refractivity contribution in [1.29, 1.82) is 0 Å². The lowest BCUT2D eigenvalue weighted by Crippen LogP contribution is -2.39. The van der Waals surface area contributed by atoms with Crippen molar-refractivity contribution in [1.82, 2.24) is 15.5 Å². The van der Waals surface area contributed by atoms with E-state index in [1.54, 1.807) is 10.9 Å². The fourth-order valence-electron chi connectivity index (χ4n) is 0.826. The van der Waals surface area contributed by atoms with Crippen LogP contribution in [0.15, 0.2) is 6.20 Å². The Bertz CT molecular complexity index is 221. The molecule has 10 heavy (non-hydrogen) atoms. The lowest BCUT2D eigenvalue weighted by Gasteiger charge is -1.99. The predicted molar refractivity (Wildman–Crippen MR) is 35.1 cm³/mol. The van der Waals surface area contributed by atoms with Gasteiger partial charge in [0.05, 0.1) is 0 Å². The Morgan fingerprint density at radius 1 is 1.50 bits per heavy atom. The second-order valence-corrected chi connectivity index (χ2v) is 2.53. The molecule has 0 aliphatic carbocycles. The van der Waals surface area contributed by atoms with Gasteiger partial charge in [-0.15, -0.1) is 4.68 Å². The Kier molecular flexibility index (Phi) is 1.89. The Morgan fingerprint density at radius 3 is 2.60 bits per heavy atom. The third-order valence-corrected chi connectivity index (χ3v) is 1.38. The summed E-state index contributed by atoms with van der Waals surface area (Å²) >= 11 is 0. The van der Waals surface area contributed by atoms with E-state index in [0.717, 1.165) is 5.69 Å². The summed E-state index contributed by atoms with van der Waals surface area (Å²) in [4.78, 5) is 0. The van der Waals surface area contributed by atoms with Gasteiger partial charge >= 0.3 is 0 Å². The van der Waals surface area contributed by atoms with Gasteiger partial charge in [-0.2, -0.15) is 0 Å². The van der Waals surface area contributed by atoms with E-state index in [-0.39, 0.29) is 0 Å². The van der Waals surface area contributed by atoms with Gasteiger partial charge in [0.2, 0.25) is 5.21 Å². The smallest absolute Gasteiger partial charge is 0.133 e. The van der Waals surface area contributed by atoms with E-state index in [9.17, 15) is 0 Å². The van der Waals surface area contributed by atoms with Gasteiger partial charge in [-0.3, -0.25) is 0 Å². The van der Waals surface area contributed by atoms with Crippen molar-refractivity contribution in [2.24, 2.45) is 7.05 Å². The number of rotatable bonds is 1. The van der Waals surface area contributed by atoms with Gasteiger partial charge in [-0.25, -0.2) is 0 Å². The first-order valence-corrected chi connectivity index (χ1v) is 3.26. The maximum absolute atomic E-state index is 3.76. The molecule has 1 aromatic heterocycles. The molecule has 0 aromatic carbocycles. The molecule has 1 aromatic rings. The first-order chi connectivity index (χ1) is 4.72. The van der Waals surface area contributed by atoms with E-state index in [0.29, 0.717) is 5.92 Å². The Labute approximate surface area is 59.9 Å². The van der Waals surface area contributed by atoms with Crippen molar-refractivity contribution in [3.63, 3.8) is 0 Å². The molecule has 0 N–H and O–H groups in total. The van der Waals surface area contributed by atoms with Crippen LogP contribution in [0.5, 0.6) is 0 Å². The Morgan fingerprint density at radius 2 is 2.20 bits per heavy atom. The molecule has 0 spiro atoms. The van der Waals surface area contributed by atoms with Crippen LogP contribution in [-0.2, 0) is 7.05 Å². The van der Waals surface area contributed by atoms with E-state index in [4.69, 9.17) is 0 Å². The largest absolute Gasteiger partial charge is 0.203 e. The highest BCUT2D eigenvalue weighted by Gasteiger charge is 2.08. The second-order valence-electron chi connectivity index (χ2n) is 2.53. The van der Waals surface area contributed by atoms with Crippen molar-refractivity contribution < 1.29 is 4.68 Å². The molecule has 0 saturated carbocycles. The van der Waals surface area contributed by atoms with Crippen molar-refractivity contribution in [2.45, 2.75) is 19.8 Å². The molecule has 1 rings (SSSR count). The van der Waals surface area contributed by atoms with Crippen LogP contribution in [0.2, 0.25) is 0 Å². The second kappa shape index (κ2) is 2.68. The third-order valence-electron chi connectivity index (χ3n) is 1.38. The van der Waals surface area contributed by atoms with Crippen molar-refractivity contribution in [3.8, 4) is 0 Å². The number of aryl methyl sites for hydroxylation is 1. The van der Waals surface area contributed by atoms with Crippen LogP contribution in [0.1, 0.15) is 25.5 Å². The third kappa shape index (κ3) is 1.26. The van der Waals surface area contributed by atoms with Gasteiger partial charge in [0.25, 0.3) is 0 Å². The molecule has 0 radical (unpaired) electrons. The van der Waals surface area contributed by atoms with Gasteiger partial charge in [0, 0.05) is 5.92 Å². The van der Waals surface area contributed by atoms with E-state index >= 15 is 0 Å². The minimum absolute atomic E-state index is 0.452. The van der Waals surface area contributed by atoms with Crippen LogP contribution in [0, 0.1) is 0 Å². The topological polar surface area (TPSA) is 42.6 Å². The number of nitrogens with zero attached hydrogens (tertiary/aromatic N) is 4. The van der Waals surface area contributed by atoms with Crippen LogP contribution in [0.4, 0.5) is 0 Å². The summed E-state index contributed by atoms with van der Waals surface area (Å²) in [7, 11) is 1.87. The predicted octanol–water partition coefficient (Wildman–Crippen LogP) is -0.181. The normalized spacial score (nSPS) is 10.4. The fourth-order valence-corrected chi connectivity index (χ4v) is 0.826. The summed E-state index contributed by atoms with van der Waals surface area (Å²) in [6.45, 7) is 4.19. The zero-order chi connectivity index (χ0) is 7.56. The average Bonchev–Trinajstić information content (AvgIpc) is 1.88. The molecular weight excluding hydrogens is 128 g/mol. The van der Waals surface area contributed by atoms with E-state index < -0.39 is 0 Å². The molecule has 54 valence electrons. The first-order valence-electron chi connectivity index (χ1n) is 3.26. The molecule has 0 aliphatic heterocycles. The van der Waals surface area contributed by atoms with Gasteiger partial charge in [-0.05, 0) is 5.10 Å². The van der Waals surface area contributed by atoms with Gasteiger partial charge in [-0.1, -0.05) is 13.8 Å². The molecule has 4 heteroatoms. The molecule has 4 nitrogen and oxygen atoms in total. The molecule has 0 atom stereocenters. The Balaban J connectivity index is 3.03. The van der Waals surface area contributed by atoms with Gasteiger partial charge in [0.15, 0.2) is 10.9 Å². The van der Waals surface area contributed by atoms with E-state index in [1.807, 2.05) is 7.05 Å². The molecule has 0 amide bonds. The average molecular weight is 139 g/mol. The summed E-state index contributed by atoms with van der Waals surface area (Å²) < 4.78 is 1.73. The highest BCUT2D eigenvalue weighted by Crippen LogP contribution is 2.04. The molecule has 0 fully saturated rings. The summed E-state index contributed by atoms with van der Waals surface area (Å²) in [6, 6.07) is 0. The number of hydrogen-bond acceptors (Lipinski definition) is 3. The summed E-state index contributed by atoms with van der Waals surface area (Å²) in [5.41, 5.74) is 1.09. The Hall–Kier alpha value is -1.06.